The second kappa shape index (κ2) is 7.28. The Balaban J connectivity index is 1.54. The van der Waals surface area contributed by atoms with Gasteiger partial charge in [0, 0.05) is 23.0 Å². The number of hydrogen-bond donors (Lipinski definition) is 2. The molecular formula is C24H24N2O. The van der Waals surface area contributed by atoms with Crippen LogP contribution in [-0.2, 0) is 4.79 Å². The second-order valence-corrected chi connectivity index (χ2v) is 7.35. The van der Waals surface area contributed by atoms with E-state index in [9.17, 15) is 4.79 Å². The van der Waals surface area contributed by atoms with Crippen LogP contribution in [0.25, 0.3) is 22.6 Å². The lowest BCUT2D eigenvalue weighted by Gasteiger charge is -2.23. The molecule has 1 heterocycles. The molecule has 0 aliphatic heterocycles. The Kier molecular flexibility index (Phi) is 4.68. The molecule has 0 radical (unpaired) electrons. The van der Waals surface area contributed by atoms with Crippen molar-refractivity contribution >= 4 is 34.1 Å². The molecule has 1 aliphatic rings. The van der Waals surface area contributed by atoms with Gasteiger partial charge in [-0.05, 0) is 48.6 Å². The summed E-state index contributed by atoms with van der Waals surface area (Å²) in [5.74, 6) is 0.302. The van der Waals surface area contributed by atoms with Gasteiger partial charge >= 0.3 is 0 Å². The molecule has 2 N–H and O–H groups in total. The van der Waals surface area contributed by atoms with Gasteiger partial charge in [0.05, 0.1) is 5.69 Å². The van der Waals surface area contributed by atoms with Crippen LogP contribution in [0.1, 0.15) is 36.0 Å². The number of H-pyrrole nitrogens is 1. The van der Waals surface area contributed by atoms with Crippen molar-refractivity contribution in [2.75, 3.05) is 5.32 Å². The molecule has 3 nitrogen and oxygen atoms in total. The predicted octanol–water partition coefficient (Wildman–Crippen LogP) is 5.94. The standard InChI is InChI=1S/C24H24N2O/c1-16-6-9-18(10-7-16)11-8-17(2)20-12-13-22-21(14-20)23(15-25-22)26-24(27)19-4-3-5-19/h6-15,19,25H,2-5H2,1H3,(H,26,27)/b11-8+. The van der Waals surface area contributed by atoms with Gasteiger partial charge in [0.2, 0.25) is 5.91 Å². The molecule has 1 fully saturated rings. The molecule has 0 atom stereocenters. The van der Waals surface area contributed by atoms with Crippen LogP contribution in [0.5, 0.6) is 0 Å². The minimum Gasteiger partial charge on any atom is -0.359 e. The Morgan fingerprint density at radius 2 is 1.96 bits per heavy atom. The first-order chi connectivity index (χ1) is 13.1. The summed E-state index contributed by atoms with van der Waals surface area (Å²) in [5, 5.41) is 4.10. The Hall–Kier alpha value is -3.07. The molecule has 0 unspecified atom stereocenters. The summed E-state index contributed by atoms with van der Waals surface area (Å²) >= 11 is 0. The number of hydrogen-bond acceptors (Lipinski definition) is 1. The first-order valence-corrected chi connectivity index (χ1v) is 9.46. The van der Waals surface area contributed by atoms with Crippen molar-refractivity contribution in [2.24, 2.45) is 5.92 Å². The van der Waals surface area contributed by atoms with E-state index in [2.05, 4.69) is 66.3 Å². The number of benzene rings is 2. The third kappa shape index (κ3) is 3.72. The lowest BCUT2D eigenvalue weighted by atomic mass is 9.85. The number of nitrogens with one attached hydrogen (secondary N) is 2. The number of carbonyl (C=O) groups is 1. The lowest BCUT2D eigenvalue weighted by Crippen LogP contribution is -2.27. The highest BCUT2D eigenvalue weighted by Gasteiger charge is 2.25. The molecule has 0 bridgehead atoms. The van der Waals surface area contributed by atoms with Crippen molar-refractivity contribution in [1.29, 1.82) is 0 Å². The van der Waals surface area contributed by atoms with E-state index < -0.39 is 0 Å². The molecule has 1 aliphatic carbocycles. The molecule has 0 spiro atoms. The average molecular weight is 356 g/mol. The molecule has 3 heteroatoms. The maximum absolute atomic E-state index is 12.3. The fraction of sp³-hybridized carbons (Fsp3) is 0.208. The number of anilines is 1. The summed E-state index contributed by atoms with van der Waals surface area (Å²) < 4.78 is 0. The quantitative estimate of drug-likeness (QED) is 0.546. The van der Waals surface area contributed by atoms with Gasteiger partial charge < -0.3 is 10.3 Å². The van der Waals surface area contributed by atoms with Crippen LogP contribution in [0.2, 0.25) is 0 Å². The SMILES string of the molecule is C=C(/C=C/c1ccc(C)cc1)c1ccc2[nH]cc(NC(=O)C3CCC3)c2c1. The fourth-order valence-corrected chi connectivity index (χ4v) is 3.30. The number of rotatable bonds is 5. The van der Waals surface area contributed by atoms with Crippen molar-refractivity contribution in [3.63, 3.8) is 0 Å². The zero-order valence-electron chi connectivity index (χ0n) is 15.6. The molecule has 1 amide bonds. The van der Waals surface area contributed by atoms with Gasteiger partial charge in [-0.15, -0.1) is 0 Å². The number of aryl methyl sites for hydroxylation is 1. The normalized spacial score (nSPS) is 14.4. The summed E-state index contributed by atoms with van der Waals surface area (Å²) in [6, 6.07) is 14.6. The van der Waals surface area contributed by atoms with E-state index in [4.69, 9.17) is 0 Å². The number of allylic oxidation sites excluding steroid dienone is 2. The van der Waals surface area contributed by atoms with Crippen molar-refractivity contribution in [1.82, 2.24) is 4.98 Å². The monoisotopic (exact) mass is 356 g/mol. The topological polar surface area (TPSA) is 44.9 Å². The summed E-state index contributed by atoms with van der Waals surface area (Å²) in [7, 11) is 0. The van der Waals surface area contributed by atoms with Crippen molar-refractivity contribution < 1.29 is 4.79 Å². The van der Waals surface area contributed by atoms with E-state index in [0.29, 0.717) is 0 Å². The van der Waals surface area contributed by atoms with Gasteiger partial charge in [0.25, 0.3) is 0 Å². The minimum atomic E-state index is 0.130. The Morgan fingerprint density at radius 3 is 2.67 bits per heavy atom. The van der Waals surface area contributed by atoms with E-state index in [1.165, 1.54) is 5.56 Å². The average Bonchev–Trinajstić information content (AvgIpc) is 3.01. The number of aromatic amines is 1. The highest BCUT2D eigenvalue weighted by molar-refractivity contribution is 6.03. The third-order valence-corrected chi connectivity index (χ3v) is 5.34. The van der Waals surface area contributed by atoms with Crippen LogP contribution in [0.4, 0.5) is 5.69 Å². The van der Waals surface area contributed by atoms with E-state index in [1.54, 1.807) is 0 Å². The number of aromatic nitrogens is 1. The predicted molar refractivity (Wildman–Crippen MR) is 114 cm³/mol. The van der Waals surface area contributed by atoms with E-state index in [1.807, 2.05) is 18.3 Å². The number of carbonyl (C=O) groups excluding carboxylic acids is 1. The third-order valence-electron chi connectivity index (χ3n) is 5.34. The van der Waals surface area contributed by atoms with E-state index >= 15 is 0 Å². The lowest BCUT2D eigenvalue weighted by molar-refractivity contribution is -0.122. The van der Waals surface area contributed by atoms with Gasteiger partial charge in [0.15, 0.2) is 0 Å². The summed E-state index contributed by atoms with van der Waals surface area (Å²) in [4.78, 5) is 15.5. The maximum atomic E-state index is 12.3. The summed E-state index contributed by atoms with van der Waals surface area (Å²) in [5.41, 5.74) is 6.25. The number of amides is 1. The van der Waals surface area contributed by atoms with Crippen LogP contribution in [-0.4, -0.2) is 10.9 Å². The van der Waals surface area contributed by atoms with Gasteiger partial charge in [-0.2, -0.15) is 0 Å². The highest BCUT2D eigenvalue weighted by atomic mass is 16.1. The first kappa shape index (κ1) is 17.3. The summed E-state index contributed by atoms with van der Waals surface area (Å²) in [6.45, 7) is 6.29. The summed E-state index contributed by atoms with van der Waals surface area (Å²) in [6.07, 6.45) is 9.13. The zero-order valence-corrected chi connectivity index (χ0v) is 15.6. The Bertz CT molecular complexity index is 1020. The first-order valence-electron chi connectivity index (χ1n) is 9.46. The molecule has 3 aromatic rings. The molecule has 1 aromatic heterocycles. The van der Waals surface area contributed by atoms with Crippen LogP contribution in [0.15, 0.2) is 61.3 Å². The molecule has 136 valence electrons. The van der Waals surface area contributed by atoms with Gasteiger partial charge in [-0.3, -0.25) is 4.79 Å². The molecule has 27 heavy (non-hydrogen) atoms. The van der Waals surface area contributed by atoms with Crippen LogP contribution in [0, 0.1) is 12.8 Å². The Labute approximate surface area is 159 Å². The Morgan fingerprint density at radius 1 is 1.19 bits per heavy atom. The van der Waals surface area contributed by atoms with Crippen molar-refractivity contribution in [3.05, 3.63) is 78.0 Å². The molecule has 4 rings (SSSR count). The fourth-order valence-electron chi connectivity index (χ4n) is 3.30. The van der Waals surface area contributed by atoms with Crippen LogP contribution < -0.4 is 5.32 Å². The van der Waals surface area contributed by atoms with Gasteiger partial charge in [-0.25, -0.2) is 0 Å². The van der Waals surface area contributed by atoms with Crippen LogP contribution >= 0.6 is 0 Å². The molecule has 1 saturated carbocycles. The van der Waals surface area contributed by atoms with E-state index in [0.717, 1.165) is 52.6 Å². The minimum absolute atomic E-state index is 0.130. The zero-order chi connectivity index (χ0) is 18.8. The molecule has 0 saturated heterocycles. The second-order valence-electron chi connectivity index (χ2n) is 7.35. The van der Waals surface area contributed by atoms with Gasteiger partial charge in [-0.1, -0.05) is 61.0 Å². The molecule has 2 aromatic carbocycles. The number of fused-ring (bicyclic) bond motifs is 1. The van der Waals surface area contributed by atoms with Crippen molar-refractivity contribution in [3.8, 4) is 0 Å². The van der Waals surface area contributed by atoms with Crippen molar-refractivity contribution in [2.45, 2.75) is 26.2 Å². The smallest absolute Gasteiger partial charge is 0.227 e. The molecular weight excluding hydrogens is 332 g/mol. The maximum Gasteiger partial charge on any atom is 0.227 e. The highest BCUT2D eigenvalue weighted by Crippen LogP contribution is 2.31. The van der Waals surface area contributed by atoms with Crippen LogP contribution in [0.3, 0.4) is 0 Å². The largest absolute Gasteiger partial charge is 0.359 e. The van der Waals surface area contributed by atoms with Gasteiger partial charge in [0.1, 0.15) is 0 Å². The van der Waals surface area contributed by atoms with E-state index in [-0.39, 0.29) is 11.8 Å².